The summed E-state index contributed by atoms with van der Waals surface area (Å²) in [6.07, 6.45) is 10.3. The van der Waals surface area contributed by atoms with E-state index in [0.717, 1.165) is 18.8 Å². The van der Waals surface area contributed by atoms with Crippen molar-refractivity contribution in [1.29, 1.82) is 0 Å². The van der Waals surface area contributed by atoms with Gasteiger partial charge in [0.25, 0.3) is 0 Å². The number of hydrogen-bond acceptors (Lipinski definition) is 5. The highest BCUT2D eigenvalue weighted by Crippen LogP contribution is 2.69. The second-order valence-corrected chi connectivity index (χ2v) is 11.4. The summed E-state index contributed by atoms with van der Waals surface area (Å²) in [5.74, 6) is 2.73. The first-order valence-electron chi connectivity index (χ1n) is 12.5. The van der Waals surface area contributed by atoms with Gasteiger partial charge in [0.15, 0.2) is 0 Å². The largest absolute Gasteiger partial charge is 0.382 e. The molecule has 31 heavy (non-hydrogen) atoms. The van der Waals surface area contributed by atoms with Gasteiger partial charge >= 0.3 is 0 Å². The molecule has 0 N–H and O–H groups in total. The van der Waals surface area contributed by atoms with E-state index in [1.54, 1.807) is 14.2 Å². The van der Waals surface area contributed by atoms with Crippen LogP contribution in [-0.4, -0.2) is 66.1 Å². The molecule has 4 aliphatic rings. The van der Waals surface area contributed by atoms with Gasteiger partial charge in [0.2, 0.25) is 0 Å². The van der Waals surface area contributed by atoms with Gasteiger partial charge in [0.05, 0.1) is 18.8 Å². The van der Waals surface area contributed by atoms with Crippen LogP contribution in [0.1, 0.15) is 65.2 Å². The highest BCUT2D eigenvalue weighted by molar-refractivity contribution is 5.19. The SMILES string of the molecule is COCC(OC)C1(OC)CCC2C3CCC4CC(OC)CCC4(C)C3C(OC)CC21C. The van der Waals surface area contributed by atoms with Crippen LogP contribution in [0.25, 0.3) is 0 Å². The van der Waals surface area contributed by atoms with Crippen LogP contribution in [0.15, 0.2) is 0 Å². The summed E-state index contributed by atoms with van der Waals surface area (Å²) < 4.78 is 30.2. The Balaban J connectivity index is 1.69. The second-order valence-electron chi connectivity index (χ2n) is 11.4. The van der Waals surface area contributed by atoms with Crippen LogP contribution in [0.2, 0.25) is 0 Å². The van der Waals surface area contributed by atoms with Crippen LogP contribution >= 0.6 is 0 Å². The second kappa shape index (κ2) is 8.87. The normalized spacial score (nSPS) is 50.4. The van der Waals surface area contributed by atoms with E-state index in [0.29, 0.717) is 35.9 Å². The molecule has 10 atom stereocenters. The van der Waals surface area contributed by atoms with Gasteiger partial charge in [-0.2, -0.15) is 0 Å². The number of methoxy groups -OCH3 is 5. The Bertz CT molecular complexity index is 627. The van der Waals surface area contributed by atoms with Crippen LogP contribution in [0.4, 0.5) is 0 Å². The molecule has 0 aromatic carbocycles. The standard InChI is InChI=1S/C26H46O5/c1-24-12-10-18(28-4)14-17(24)8-9-19-20-11-13-26(31-7,22(30-6)16-27-3)25(20,2)15-21(29-5)23(19)24/h17-23H,8-16H2,1-7H3. The van der Waals surface area contributed by atoms with Crippen LogP contribution < -0.4 is 0 Å². The zero-order chi connectivity index (χ0) is 22.4. The predicted octanol–water partition coefficient (Wildman–Crippen LogP) is 4.72. The summed E-state index contributed by atoms with van der Waals surface area (Å²) in [6, 6.07) is 0. The molecular weight excluding hydrogens is 392 g/mol. The first kappa shape index (κ1) is 23.9. The van der Waals surface area contributed by atoms with Gasteiger partial charge in [-0.25, -0.2) is 0 Å². The molecule has 4 saturated carbocycles. The Kier molecular flexibility index (Phi) is 6.85. The monoisotopic (exact) mass is 438 g/mol. The Morgan fingerprint density at radius 1 is 0.903 bits per heavy atom. The third kappa shape index (κ3) is 3.36. The quantitative estimate of drug-likeness (QED) is 0.576. The highest BCUT2D eigenvalue weighted by atomic mass is 16.6. The smallest absolute Gasteiger partial charge is 0.110 e. The van der Waals surface area contributed by atoms with Gasteiger partial charge in [0.1, 0.15) is 11.7 Å². The molecular formula is C26H46O5. The molecule has 0 aliphatic heterocycles. The fourth-order valence-corrected chi connectivity index (χ4v) is 9.31. The molecule has 0 spiro atoms. The average molecular weight is 439 g/mol. The first-order chi connectivity index (χ1) is 14.8. The molecule has 5 heteroatoms. The van der Waals surface area contributed by atoms with E-state index in [9.17, 15) is 0 Å². The van der Waals surface area contributed by atoms with E-state index in [1.807, 2.05) is 21.3 Å². The Hall–Kier alpha value is -0.200. The van der Waals surface area contributed by atoms with Gasteiger partial charge in [-0.05, 0) is 80.5 Å². The maximum atomic E-state index is 6.43. The van der Waals surface area contributed by atoms with Crippen LogP contribution in [0, 0.1) is 34.5 Å². The first-order valence-corrected chi connectivity index (χ1v) is 12.5. The van der Waals surface area contributed by atoms with Crippen molar-refractivity contribution in [3.05, 3.63) is 0 Å². The van der Waals surface area contributed by atoms with Crippen molar-refractivity contribution in [2.45, 2.75) is 89.1 Å². The van der Waals surface area contributed by atoms with Crippen molar-refractivity contribution in [3.8, 4) is 0 Å². The van der Waals surface area contributed by atoms with Crippen molar-refractivity contribution in [2.24, 2.45) is 34.5 Å². The third-order valence-corrected chi connectivity index (χ3v) is 10.8. The van der Waals surface area contributed by atoms with E-state index in [1.165, 1.54) is 38.5 Å². The lowest BCUT2D eigenvalue weighted by Crippen LogP contribution is -2.65. The molecule has 0 aromatic rings. The molecule has 4 rings (SSSR count). The van der Waals surface area contributed by atoms with Gasteiger partial charge in [0, 0.05) is 41.0 Å². The number of rotatable bonds is 7. The van der Waals surface area contributed by atoms with E-state index < -0.39 is 0 Å². The number of ether oxygens (including phenoxy) is 5. The van der Waals surface area contributed by atoms with Gasteiger partial charge in [-0.15, -0.1) is 0 Å². The van der Waals surface area contributed by atoms with Gasteiger partial charge < -0.3 is 23.7 Å². The summed E-state index contributed by atoms with van der Waals surface area (Å²) in [6.45, 7) is 5.61. The lowest BCUT2D eigenvalue weighted by Gasteiger charge is -2.64. The molecule has 0 bridgehead atoms. The van der Waals surface area contributed by atoms with E-state index in [-0.39, 0.29) is 23.2 Å². The maximum Gasteiger partial charge on any atom is 0.110 e. The molecule has 5 nitrogen and oxygen atoms in total. The molecule has 10 unspecified atom stereocenters. The average Bonchev–Trinajstić information content (AvgIpc) is 3.08. The topological polar surface area (TPSA) is 46.2 Å². The van der Waals surface area contributed by atoms with Crippen LogP contribution in [-0.2, 0) is 23.7 Å². The molecule has 0 saturated heterocycles. The molecule has 4 aliphatic carbocycles. The van der Waals surface area contributed by atoms with E-state index >= 15 is 0 Å². The number of fused-ring (bicyclic) bond motifs is 5. The summed E-state index contributed by atoms with van der Waals surface area (Å²) in [5.41, 5.74) is 0.0524. The summed E-state index contributed by atoms with van der Waals surface area (Å²) in [4.78, 5) is 0. The molecule has 180 valence electrons. The minimum absolute atomic E-state index is 0.0235. The van der Waals surface area contributed by atoms with Crippen molar-refractivity contribution >= 4 is 0 Å². The number of hydrogen-bond donors (Lipinski definition) is 0. The van der Waals surface area contributed by atoms with Crippen molar-refractivity contribution in [3.63, 3.8) is 0 Å². The molecule has 0 amide bonds. The van der Waals surface area contributed by atoms with Crippen molar-refractivity contribution in [1.82, 2.24) is 0 Å². The molecule has 0 aromatic heterocycles. The molecule has 0 heterocycles. The zero-order valence-corrected chi connectivity index (χ0v) is 20.9. The minimum atomic E-state index is -0.324. The van der Waals surface area contributed by atoms with Crippen LogP contribution in [0.5, 0.6) is 0 Å². The third-order valence-electron chi connectivity index (χ3n) is 10.8. The van der Waals surface area contributed by atoms with Crippen molar-refractivity contribution in [2.75, 3.05) is 42.2 Å². The fraction of sp³-hybridized carbons (Fsp3) is 1.00. The van der Waals surface area contributed by atoms with Crippen LogP contribution in [0.3, 0.4) is 0 Å². The summed E-state index contributed by atoms with van der Waals surface area (Å²) >= 11 is 0. The lowest BCUT2D eigenvalue weighted by molar-refractivity contribution is -0.241. The van der Waals surface area contributed by atoms with E-state index in [4.69, 9.17) is 23.7 Å². The Morgan fingerprint density at radius 3 is 2.29 bits per heavy atom. The Morgan fingerprint density at radius 2 is 1.68 bits per heavy atom. The maximum absolute atomic E-state index is 6.43. The Labute approximate surface area is 189 Å². The summed E-state index contributed by atoms with van der Waals surface area (Å²) in [7, 11) is 9.27. The zero-order valence-electron chi connectivity index (χ0n) is 20.9. The highest BCUT2D eigenvalue weighted by Gasteiger charge is 2.69. The van der Waals surface area contributed by atoms with Gasteiger partial charge in [-0.1, -0.05) is 13.8 Å². The minimum Gasteiger partial charge on any atom is -0.382 e. The molecule has 0 radical (unpaired) electrons. The lowest BCUT2D eigenvalue weighted by atomic mass is 9.43. The summed E-state index contributed by atoms with van der Waals surface area (Å²) in [5, 5.41) is 0. The predicted molar refractivity (Wildman–Crippen MR) is 121 cm³/mol. The van der Waals surface area contributed by atoms with Gasteiger partial charge in [-0.3, -0.25) is 0 Å². The van der Waals surface area contributed by atoms with E-state index in [2.05, 4.69) is 13.8 Å². The fourth-order valence-electron chi connectivity index (χ4n) is 9.31. The molecule has 4 fully saturated rings. The van der Waals surface area contributed by atoms with Crippen molar-refractivity contribution < 1.29 is 23.7 Å².